The Morgan fingerprint density at radius 1 is 1.09 bits per heavy atom. The number of likely N-dealkylation sites (tertiary alicyclic amines) is 1. The van der Waals surface area contributed by atoms with Gasteiger partial charge in [-0.1, -0.05) is 35.3 Å². The highest BCUT2D eigenvalue weighted by atomic mass is 35.5. The van der Waals surface area contributed by atoms with Crippen molar-refractivity contribution in [1.82, 2.24) is 9.88 Å². The Hall–Kier alpha value is -2.60. The number of carbonyl (C=O) groups is 1. The standard InChI is InChI=1S/C28H29Cl2N3O2/c1-20-5-3-13-31-26(20)18-32-14-4-12-28(19-32)16-25(35-24-7-2-6-22(30)15-24)17-33(27(28)34)23-10-8-21(29)9-11-23/h2-3,5-11,13,15,25H,4,12,14,16-19H2,1H3/t25-,28-/m1/s1. The summed E-state index contributed by atoms with van der Waals surface area (Å²) >= 11 is 12.3. The highest BCUT2D eigenvalue weighted by Crippen LogP contribution is 2.42. The summed E-state index contributed by atoms with van der Waals surface area (Å²) in [5.74, 6) is 0.882. The summed E-state index contributed by atoms with van der Waals surface area (Å²) in [5.41, 5.74) is 2.55. The second-order valence-electron chi connectivity index (χ2n) is 9.66. The Balaban J connectivity index is 1.44. The first-order valence-electron chi connectivity index (χ1n) is 12.0. The van der Waals surface area contributed by atoms with Gasteiger partial charge in [0.25, 0.3) is 0 Å². The van der Waals surface area contributed by atoms with E-state index in [1.54, 1.807) is 0 Å². The van der Waals surface area contributed by atoms with Crippen LogP contribution in [0.25, 0.3) is 0 Å². The summed E-state index contributed by atoms with van der Waals surface area (Å²) in [7, 11) is 0. The van der Waals surface area contributed by atoms with Gasteiger partial charge < -0.3 is 9.64 Å². The maximum absolute atomic E-state index is 14.1. The number of carbonyl (C=O) groups excluding carboxylic acids is 1. The number of anilines is 1. The fraction of sp³-hybridized carbons (Fsp3) is 0.357. The SMILES string of the molecule is Cc1cccnc1CN1CCC[C@@]2(C[C@@H](Oc3cccc(Cl)c3)CN(c3ccc(Cl)cc3)C2=O)C1. The summed E-state index contributed by atoms with van der Waals surface area (Å²) in [6.07, 6.45) is 4.14. The highest BCUT2D eigenvalue weighted by Gasteiger charge is 2.50. The molecule has 2 atom stereocenters. The molecule has 0 bridgehead atoms. The van der Waals surface area contributed by atoms with Crippen molar-refractivity contribution in [2.45, 2.75) is 38.8 Å². The molecule has 7 heteroatoms. The van der Waals surface area contributed by atoms with E-state index >= 15 is 0 Å². The summed E-state index contributed by atoms with van der Waals surface area (Å²) in [4.78, 5) is 22.9. The number of nitrogens with zero attached hydrogens (tertiary/aromatic N) is 3. The van der Waals surface area contributed by atoms with Gasteiger partial charge in [0, 0.05) is 41.4 Å². The second-order valence-corrected chi connectivity index (χ2v) is 10.5. The minimum atomic E-state index is -0.526. The van der Waals surface area contributed by atoms with Gasteiger partial charge in [0.2, 0.25) is 5.91 Å². The number of hydrogen-bond donors (Lipinski definition) is 0. The van der Waals surface area contributed by atoms with Gasteiger partial charge in [-0.15, -0.1) is 0 Å². The van der Waals surface area contributed by atoms with Crippen LogP contribution in [0.1, 0.15) is 30.5 Å². The Labute approximate surface area is 216 Å². The van der Waals surface area contributed by atoms with E-state index < -0.39 is 5.41 Å². The van der Waals surface area contributed by atoms with Crippen LogP contribution >= 0.6 is 23.2 Å². The van der Waals surface area contributed by atoms with Crippen LogP contribution in [0, 0.1) is 12.3 Å². The Bertz CT molecular complexity index is 1200. The Kier molecular flexibility index (Phi) is 7.01. The first-order valence-corrected chi connectivity index (χ1v) is 12.8. The van der Waals surface area contributed by atoms with Crippen LogP contribution in [0.5, 0.6) is 5.75 Å². The number of aryl methyl sites for hydroxylation is 1. The topological polar surface area (TPSA) is 45.7 Å². The predicted molar refractivity (Wildman–Crippen MR) is 140 cm³/mol. The zero-order valence-corrected chi connectivity index (χ0v) is 21.3. The van der Waals surface area contributed by atoms with Gasteiger partial charge in [0.05, 0.1) is 17.7 Å². The van der Waals surface area contributed by atoms with E-state index in [0.717, 1.165) is 43.1 Å². The van der Waals surface area contributed by atoms with Gasteiger partial charge in [-0.3, -0.25) is 14.7 Å². The van der Waals surface area contributed by atoms with Crippen LogP contribution in [0.15, 0.2) is 66.9 Å². The van der Waals surface area contributed by atoms with Crippen molar-refractivity contribution in [3.05, 3.63) is 88.2 Å². The summed E-state index contributed by atoms with van der Waals surface area (Å²) in [5, 5.41) is 1.28. The predicted octanol–water partition coefficient (Wildman–Crippen LogP) is 6.16. The number of amides is 1. The molecule has 0 aliphatic carbocycles. The average Bonchev–Trinajstić information content (AvgIpc) is 2.84. The molecular formula is C28H29Cl2N3O2. The lowest BCUT2D eigenvalue weighted by molar-refractivity contribution is -0.137. The van der Waals surface area contributed by atoms with Crippen LogP contribution in [0.4, 0.5) is 5.69 Å². The average molecular weight is 510 g/mol. The van der Waals surface area contributed by atoms with Crippen molar-refractivity contribution in [1.29, 1.82) is 0 Å². The van der Waals surface area contributed by atoms with E-state index in [1.165, 1.54) is 5.56 Å². The smallest absolute Gasteiger partial charge is 0.234 e. The molecule has 0 saturated carbocycles. The summed E-state index contributed by atoms with van der Waals surface area (Å²) in [6, 6.07) is 19.0. The van der Waals surface area contributed by atoms with E-state index in [0.29, 0.717) is 29.6 Å². The molecule has 2 aromatic carbocycles. The van der Waals surface area contributed by atoms with Crippen LogP contribution in [-0.2, 0) is 11.3 Å². The zero-order valence-electron chi connectivity index (χ0n) is 19.8. The summed E-state index contributed by atoms with van der Waals surface area (Å²) in [6.45, 7) is 4.94. The largest absolute Gasteiger partial charge is 0.488 e. The van der Waals surface area contributed by atoms with Crippen LogP contribution in [0.2, 0.25) is 10.0 Å². The number of benzene rings is 2. The van der Waals surface area contributed by atoms with Crippen molar-refractivity contribution >= 4 is 34.8 Å². The Morgan fingerprint density at radius 2 is 1.91 bits per heavy atom. The minimum Gasteiger partial charge on any atom is -0.488 e. The third-order valence-corrected chi connectivity index (χ3v) is 7.57. The zero-order chi connectivity index (χ0) is 24.4. The number of piperidine rings is 2. The van der Waals surface area contributed by atoms with Crippen LogP contribution in [-0.4, -0.2) is 41.5 Å². The Morgan fingerprint density at radius 3 is 2.69 bits per heavy atom. The number of pyridine rings is 1. The monoisotopic (exact) mass is 509 g/mol. The van der Waals surface area contributed by atoms with Gasteiger partial charge in [-0.2, -0.15) is 0 Å². The van der Waals surface area contributed by atoms with Crippen molar-refractivity contribution in [3.63, 3.8) is 0 Å². The van der Waals surface area contributed by atoms with E-state index in [4.69, 9.17) is 27.9 Å². The van der Waals surface area contributed by atoms with Crippen LogP contribution in [0.3, 0.4) is 0 Å². The second kappa shape index (κ2) is 10.2. The highest BCUT2D eigenvalue weighted by molar-refractivity contribution is 6.31. The maximum atomic E-state index is 14.1. The van der Waals surface area contributed by atoms with E-state index in [2.05, 4.69) is 22.9 Å². The molecule has 3 heterocycles. The van der Waals surface area contributed by atoms with E-state index in [1.807, 2.05) is 65.7 Å². The molecule has 1 amide bonds. The number of hydrogen-bond acceptors (Lipinski definition) is 4. The number of aromatic nitrogens is 1. The van der Waals surface area contributed by atoms with Gasteiger partial charge in [-0.25, -0.2) is 0 Å². The van der Waals surface area contributed by atoms with Gasteiger partial charge in [0.1, 0.15) is 11.9 Å². The van der Waals surface area contributed by atoms with Crippen molar-refractivity contribution in [3.8, 4) is 5.75 Å². The number of ether oxygens (including phenoxy) is 1. The molecule has 2 fully saturated rings. The first-order chi connectivity index (χ1) is 16.9. The molecular weight excluding hydrogens is 481 g/mol. The molecule has 35 heavy (non-hydrogen) atoms. The third-order valence-electron chi connectivity index (χ3n) is 7.09. The molecule has 1 aromatic heterocycles. The first kappa shape index (κ1) is 24.1. The quantitative estimate of drug-likeness (QED) is 0.412. The molecule has 5 nitrogen and oxygen atoms in total. The van der Waals surface area contributed by atoms with E-state index in [-0.39, 0.29) is 12.0 Å². The van der Waals surface area contributed by atoms with Crippen molar-refractivity contribution in [2.75, 3.05) is 24.5 Å². The fourth-order valence-electron chi connectivity index (χ4n) is 5.41. The van der Waals surface area contributed by atoms with Gasteiger partial charge >= 0.3 is 0 Å². The molecule has 182 valence electrons. The lowest BCUT2D eigenvalue weighted by Crippen LogP contribution is -2.60. The molecule has 2 aliphatic rings. The molecule has 0 unspecified atom stereocenters. The maximum Gasteiger partial charge on any atom is 0.234 e. The molecule has 5 rings (SSSR count). The normalized spacial score (nSPS) is 23.0. The third kappa shape index (κ3) is 5.32. The van der Waals surface area contributed by atoms with Gasteiger partial charge in [-0.05, 0) is 80.4 Å². The number of halogens is 2. The molecule has 2 aliphatic heterocycles. The van der Waals surface area contributed by atoms with Crippen molar-refractivity contribution < 1.29 is 9.53 Å². The van der Waals surface area contributed by atoms with Crippen molar-refractivity contribution in [2.24, 2.45) is 5.41 Å². The molecule has 3 aromatic rings. The molecule has 1 spiro atoms. The van der Waals surface area contributed by atoms with Crippen LogP contribution < -0.4 is 9.64 Å². The fourth-order valence-corrected chi connectivity index (χ4v) is 5.72. The summed E-state index contributed by atoms with van der Waals surface area (Å²) < 4.78 is 6.42. The lowest BCUT2D eigenvalue weighted by atomic mass is 9.71. The number of rotatable bonds is 5. The molecule has 0 radical (unpaired) electrons. The molecule has 0 N–H and O–H groups in total. The van der Waals surface area contributed by atoms with Gasteiger partial charge in [0.15, 0.2) is 0 Å². The van der Waals surface area contributed by atoms with E-state index in [9.17, 15) is 4.79 Å². The molecule has 2 saturated heterocycles. The minimum absolute atomic E-state index is 0.154. The lowest BCUT2D eigenvalue weighted by Gasteiger charge is -2.49.